The van der Waals surface area contributed by atoms with Gasteiger partial charge in [0.1, 0.15) is 5.75 Å². The van der Waals surface area contributed by atoms with E-state index in [0.29, 0.717) is 0 Å². The lowest BCUT2D eigenvalue weighted by molar-refractivity contribution is 0.405. The van der Waals surface area contributed by atoms with Crippen LogP contribution in [0.2, 0.25) is 0 Å². The Morgan fingerprint density at radius 1 is 1.33 bits per heavy atom. The zero-order chi connectivity index (χ0) is 15.2. The summed E-state index contributed by atoms with van der Waals surface area (Å²) in [5.41, 5.74) is 3.67. The number of ether oxygens (including phenoxy) is 1. The van der Waals surface area contributed by atoms with E-state index < -0.39 is 0 Å². The van der Waals surface area contributed by atoms with E-state index in [0.717, 1.165) is 23.2 Å². The smallest absolute Gasteiger partial charge is 0.122 e. The van der Waals surface area contributed by atoms with Crippen molar-refractivity contribution in [2.24, 2.45) is 0 Å². The zero-order valence-electron chi connectivity index (χ0n) is 12.7. The molecule has 1 aromatic heterocycles. The van der Waals surface area contributed by atoms with E-state index in [9.17, 15) is 0 Å². The Morgan fingerprint density at radius 3 is 2.81 bits per heavy atom. The van der Waals surface area contributed by atoms with Crippen LogP contribution in [0.25, 0.3) is 0 Å². The fourth-order valence-corrected chi connectivity index (χ4v) is 2.91. The molecule has 0 bridgehead atoms. The van der Waals surface area contributed by atoms with Gasteiger partial charge in [0.25, 0.3) is 0 Å². The lowest BCUT2D eigenvalue weighted by Crippen LogP contribution is -2.24. The van der Waals surface area contributed by atoms with Gasteiger partial charge in [0.05, 0.1) is 7.11 Å². The van der Waals surface area contributed by atoms with Gasteiger partial charge in [0, 0.05) is 22.9 Å². The molecule has 0 amide bonds. The second kappa shape index (κ2) is 7.57. The lowest BCUT2D eigenvalue weighted by atomic mass is 9.96. The molecular weight excluding hydrogens is 328 g/mol. The van der Waals surface area contributed by atoms with Gasteiger partial charge in [-0.15, -0.1) is 0 Å². The van der Waals surface area contributed by atoms with Gasteiger partial charge in [-0.25, -0.2) is 0 Å². The summed E-state index contributed by atoms with van der Waals surface area (Å²) in [6.07, 6.45) is 4.65. The summed E-state index contributed by atoms with van der Waals surface area (Å²) in [6, 6.07) is 8.40. The van der Waals surface area contributed by atoms with Gasteiger partial charge in [0.2, 0.25) is 0 Å². The molecule has 0 aliphatic rings. The van der Waals surface area contributed by atoms with Crippen molar-refractivity contribution < 1.29 is 4.74 Å². The van der Waals surface area contributed by atoms with Crippen LogP contribution in [0.3, 0.4) is 0 Å². The van der Waals surface area contributed by atoms with Gasteiger partial charge in [-0.1, -0.05) is 22.9 Å². The van der Waals surface area contributed by atoms with Crippen LogP contribution >= 0.6 is 15.9 Å². The molecule has 1 aromatic carbocycles. The molecule has 0 radical (unpaired) electrons. The average Bonchev–Trinajstić information content (AvgIpc) is 2.48. The highest BCUT2D eigenvalue weighted by atomic mass is 79.9. The van der Waals surface area contributed by atoms with E-state index in [1.807, 2.05) is 24.5 Å². The highest BCUT2D eigenvalue weighted by molar-refractivity contribution is 9.10. The highest BCUT2D eigenvalue weighted by Crippen LogP contribution is 2.28. The largest absolute Gasteiger partial charge is 0.496 e. The van der Waals surface area contributed by atoms with Crippen LogP contribution in [0.1, 0.15) is 29.7 Å². The topological polar surface area (TPSA) is 34.1 Å². The van der Waals surface area contributed by atoms with Crippen molar-refractivity contribution in [3.63, 3.8) is 0 Å². The molecule has 2 rings (SSSR count). The first kappa shape index (κ1) is 16.0. The highest BCUT2D eigenvalue weighted by Gasteiger charge is 2.16. The van der Waals surface area contributed by atoms with Crippen molar-refractivity contribution in [1.82, 2.24) is 10.3 Å². The third-order valence-corrected chi connectivity index (χ3v) is 4.07. The van der Waals surface area contributed by atoms with Crippen molar-refractivity contribution in [3.05, 3.63) is 57.8 Å². The number of pyridine rings is 1. The van der Waals surface area contributed by atoms with Crippen LogP contribution in [0.15, 0.2) is 41.1 Å². The number of halogens is 1. The van der Waals surface area contributed by atoms with E-state index in [4.69, 9.17) is 4.74 Å². The van der Waals surface area contributed by atoms with E-state index >= 15 is 0 Å². The minimum absolute atomic E-state index is 0.229. The maximum Gasteiger partial charge on any atom is 0.122 e. The maximum atomic E-state index is 5.48. The molecule has 1 heterocycles. The number of rotatable bonds is 6. The second-order valence-corrected chi connectivity index (χ2v) is 5.92. The average molecular weight is 349 g/mol. The van der Waals surface area contributed by atoms with Crippen LogP contribution in [0.5, 0.6) is 5.75 Å². The molecule has 0 saturated heterocycles. The van der Waals surface area contributed by atoms with Crippen LogP contribution in [0.4, 0.5) is 0 Å². The predicted molar refractivity (Wildman–Crippen MR) is 89.8 cm³/mol. The van der Waals surface area contributed by atoms with Crippen LogP contribution < -0.4 is 10.1 Å². The Kier molecular flexibility index (Phi) is 5.76. The Morgan fingerprint density at radius 2 is 2.14 bits per heavy atom. The molecule has 1 unspecified atom stereocenters. The molecule has 0 fully saturated rings. The minimum Gasteiger partial charge on any atom is -0.496 e. The first-order valence-corrected chi connectivity index (χ1v) is 7.91. The number of hydrogen-bond acceptors (Lipinski definition) is 3. The molecule has 112 valence electrons. The molecule has 4 heteroatoms. The monoisotopic (exact) mass is 348 g/mol. The summed E-state index contributed by atoms with van der Waals surface area (Å²) >= 11 is 3.54. The quantitative estimate of drug-likeness (QED) is 0.854. The fraction of sp³-hybridized carbons (Fsp3) is 0.353. The van der Waals surface area contributed by atoms with Crippen molar-refractivity contribution >= 4 is 15.9 Å². The van der Waals surface area contributed by atoms with Gasteiger partial charge in [-0.2, -0.15) is 0 Å². The second-order valence-electron chi connectivity index (χ2n) is 5.00. The molecule has 0 aliphatic carbocycles. The van der Waals surface area contributed by atoms with Crippen LogP contribution in [-0.4, -0.2) is 18.6 Å². The normalized spacial score (nSPS) is 12.2. The van der Waals surface area contributed by atoms with Gasteiger partial charge >= 0.3 is 0 Å². The number of nitrogens with zero attached hydrogens (tertiary/aromatic N) is 1. The van der Waals surface area contributed by atoms with Gasteiger partial charge in [0.15, 0.2) is 0 Å². The summed E-state index contributed by atoms with van der Waals surface area (Å²) in [5.74, 6) is 0.919. The minimum atomic E-state index is 0.229. The summed E-state index contributed by atoms with van der Waals surface area (Å²) in [6.45, 7) is 5.16. The third kappa shape index (κ3) is 4.05. The van der Waals surface area contributed by atoms with Gasteiger partial charge < -0.3 is 10.1 Å². The number of methoxy groups -OCH3 is 1. The Labute approximate surface area is 134 Å². The lowest BCUT2D eigenvalue weighted by Gasteiger charge is -2.21. The Balaban J connectivity index is 2.33. The van der Waals surface area contributed by atoms with E-state index in [2.05, 4.69) is 52.2 Å². The van der Waals surface area contributed by atoms with Crippen LogP contribution in [0, 0.1) is 6.92 Å². The number of likely N-dealkylation sites (N-methyl/N-ethyl adjacent to an activating group) is 1. The Hall–Kier alpha value is -1.39. The first-order chi connectivity index (χ1) is 10.2. The van der Waals surface area contributed by atoms with Gasteiger partial charge in [-0.05, 0) is 60.8 Å². The molecule has 2 aromatic rings. The molecule has 1 N–H and O–H groups in total. The number of aryl methyl sites for hydroxylation is 1. The standard InChI is InChI=1S/C17H21BrN2O/c1-4-20-16(15-11-19-8-7-12(15)2)10-13-9-14(18)5-6-17(13)21-3/h5-9,11,16,20H,4,10H2,1-3H3. The SMILES string of the molecule is CCNC(Cc1cc(Br)ccc1OC)c1cnccc1C. The molecule has 3 nitrogen and oxygen atoms in total. The number of benzene rings is 1. The van der Waals surface area contributed by atoms with Crippen LogP contribution in [-0.2, 0) is 6.42 Å². The molecule has 1 atom stereocenters. The summed E-state index contributed by atoms with van der Waals surface area (Å²) in [5, 5.41) is 3.55. The molecule has 21 heavy (non-hydrogen) atoms. The van der Waals surface area contributed by atoms with Gasteiger partial charge in [-0.3, -0.25) is 4.98 Å². The Bertz CT molecular complexity index is 601. The number of hydrogen-bond donors (Lipinski definition) is 1. The summed E-state index contributed by atoms with van der Waals surface area (Å²) in [4.78, 5) is 4.27. The molecule has 0 spiro atoms. The number of nitrogens with one attached hydrogen (secondary N) is 1. The van der Waals surface area contributed by atoms with Crippen molar-refractivity contribution in [3.8, 4) is 5.75 Å². The van der Waals surface area contributed by atoms with Crippen molar-refractivity contribution in [1.29, 1.82) is 0 Å². The first-order valence-electron chi connectivity index (χ1n) is 7.12. The number of aromatic nitrogens is 1. The van der Waals surface area contributed by atoms with E-state index in [1.54, 1.807) is 7.11 Å². The molecule has 0 aliphatic heterocycles. The third-order valence-electron chi connectivity index (χ3n) is 3.57. The van der Waals surface area contributed by atoms with Crippen molar-refractivity contribution in [2.45, 2.75) is 26.3 Å². The summed E-state index contributed by atoms with van der Waals surface area (Å²) < 4.78 is 6.55. The molecular formula is C17H21BrN2O. The predicted octanol–water partition coefficient (Wildman–Crippen LogP) is 4.05. The summed E-state index contributed by atoms with van der Waals surface area (Å²) in [7, 11) is 1.71. The van der Waals surface area contributed by atoms with Crippen molar-refractivity contribution in [2.75, 3.05) is 13.7 Å². The fourth-order valence-electron chi connectivity index (χ4n) is 2.51. The van der Waals surface area contributed by atoms with E-state index in [-0.39, 0.29) is 6.04 Å². The van der Waals surface area contributed by atoms with E-state index in [1.165, 1.54) is 16.7 Å². The maximum absolute atomic E-state index is 5.48. The molecule has 0 saturated carbocycles. The zero-order valence-corrected chi connectivity index (χ0v) is 14.3.